The minimum Gasteiger partial charge on any atom is -0.456 e. The van der Waals surface area contributed by atoms with Gasteiger partial charge in [-0.05, 0) is 26.0 Å². The van der Waals surface area contributed by atoms with E-state index in [9.17, 15) is 0 Å². The summed E-state index contributed by atoms with van der Waals surface area (Å²) in [4.78, 5) is 6.08. The third kappa shape index (κ3) is 7.68. The highest BCUT2D eigenvalue weighted by Gasteiger charge is 2.12. The molecule has 9 heteroatoms. The second-order valence-electron chi connectivity index (χ2n) is 7.65. The molecular formula is C23H27ClN2O6. The van der Waals surface area contributed by atoms with Gasteiger partial charge >= 0.3 is 0 Å². The van der Waals surface area contributed by atoms with Crippen LogP contribution in [-0.2, 0) is 4.74 Å². The number of ether oxygens (including phenoxy) is 1. The summed E-state index contributed by atoms with van der Waals surface area (Å²) in [5.41, 5.74) is 4.49. The Labute approximate surface area is 188 Å². The lowest BCUT2D eigenvalue weighted by atomic mass is 10.1. The minimum atomic E-state index is -4.94. The van der Waals surface area contributed by atoms with Gasteiger partial charge in [0.15, 0.2) is 6.54 Å². The average Bonchev–Trinajstić information content (AvgIpc) is 2.74. The second kappa shape index (κ2) is 11.0. The van der Waals surface area contributed by atoms with Crippen molar-refractivity contribution < 1.29 is 43.0 Å². The number of fused-ring (bicyclic) bond motifs is 1. The molecule has 0 spiro atoms. The SMILES string of the molecule is Cc1ccc(-c2cc(=[NH+]CCN3CCOCC3)c3cc(C)ccc3o2)cc1.[O-][Cl+3]([O-])([O-])[O-]. The van der Waals surface area contributed by atoms with Crippen molar-refractivity contribution in [2.24, 2.45) is 0 Å². The molecule has 8 nitrogen and oxygen atoms in total. The lowest BCUT2D eigenvalue weighted by Crippen LogP contribution is -2.78. The molecule has 1 saturated heterocycles. The maximum absolute atomic E-state index is 8.49. The molecule has 2 heterocycles. The van der Waals surface area contributed by atoms with Gasteiger partial charge in [-0.25, -0.2) is 23.6 Å². The van der Waals surface area contributed by atoms with Crippen LogP contribution in [0.2, 0.25) is 0 Å². The zero-order valence-electron chi connectivity index (χ0n) is 18.1. The summed E-state index contributed by atoms with van der Waals surface area (Å²) in [6, 6.07) is 17.0. The first kappa shape index (κ1) is 24.3. The molecule has 0 bridgehead atoms. The Balaban J connectivity index is 0.000000523. The first-order chi connectivity index (χ1) is 15.2. The van der Waals surface area contributed by atoms with Gasteiger partial charge in [0.1, 0.15) is 11.3 Å². The molecule has 2 aromatic carbocycles. The Hall–Kier alpha value is -2.30. The number of nitrogens with one attached hydrogen (secondary N) is 1. The number of hydrogen-bond donors (Lipinski definition) is 1. The molecular weight excluding hydrogens is 436 g/mol. The molecule has 0 aliphatic carbocycles. The van der Waals surface area contributed by atoms with Gasteiger partial charge in [-0.1, -0.05) is 41.5 Å². The molecule has 1 fully saturated rings. The Morgan fingerprint density at radius 2 is 1.53 bits per heavy atom. The van der Waals surface area contributed by atoms with Crippen molar-refractivity contribution in [3.05, 3.63) is 65.0 Å². The average molecular weight is 463 g/mol. The predicted molar refractivity (Wildman–Crippen MR) is 107 cm³/mol. The molecule has 0 unspecified atom stereocenters. The van der Waals surface area contributed by atoms with E-state index in [-0.39, 0.29) is 0 Å². The summed E-state index contributed by atoms with van der Waals surface area (Å²) in [6.07, 6.45) is 0. The predicted octanol–water partition coefficient (Wildman–Crippen LogP) is -2.73. The smallest absolute Gasteiger partial charge is 0.213 e. The number of rotatable bonds is 4. The molecule has 1 aliphatic heterocycles. The van der Waals surface area contributed by atoms with E-state index in [0.29, 0.717) is 0 Å². The standard InChI is InChI=1S/C23H26N2O2.ClHO4/c1-17-3-6-19(7-4-17)23-16-21(20-15-18(2)5-8-22(20)27-23)24-9-10-25-11-13-26-14-12-25;2-1(3,4)5/h3-8,15-16H,9-14H2,1-2H3;(H,2,3,4,5). The lowest BCUT2D eigenvalue weighted by molar-refractivity contribution is -2.00. The molecule has 1 N–H and O–H groups in total. The van der Waals surface area contributed by atoms with Crippen LogP contribution in [0, 0.1) is 24.1 Å². The van der Waals surface area contributed by atoms with E-state index < -0.39 is 10.2 Å². The van der Waals surface area contributed by atoms with Gasteiger partial charge < -0.3 is 9.15 Å². The third-order valence-electron chi connectivity index (χ3n) is 5.10. The number of aryl methyl sites for hydroxylation is 2. The highest BCUT2D eigenvalue weighted by molar-refractivity contribution is 5.78. The van der Waals surface area contributed by atoms with Gasteiger partial charge in [-0.3, -0.25) is 4.90 Å². The minimum absolute atomic E-state index is 0.837. The Kier molecular flexibility index (Phi) is 8.38. The summed E-state index contributed by atoms with van der Waals surface area (Å²) in [7, 11) is -4.94. The highest BCUT2D eigenvalue weighted by atomic mass is 35.7. The molecule has 0 radical (unpaired) electrons. The maximum Gasteiger partial charge on any atom is 0.213 e. The van der Waals surface area contributed by atoms with E-state index in [1.165, 1.54) is 11.1 Å². The number of halogens is 1. The molecule has 1 aromatic heterocycles. The molecule has 32 heavy (non-hydrogen) atoms. The van der Waals surface area contributed by atoms with E-state index in [0.717, 1.165) is 67.0 Å². The largest absolute Gasteiger partial charge is 0.456 e. The molecule has 0 atom stereocenters. The van der Waals surface area contributed by atoms with Crippen molar-refractivity contribution in [2.75, 3.05) is 39.4 Å². The summed E-state index contributed by atoms with van der Waals surface area (Å²) in [5.74, 6) is 0.889. The normalized spacial score (nSPS) is 15.5. The maximum atomic E-state index is 8.49. The van der Waals surface area contributed by atoms with Gasteiger partial charge in [0.2, 0.25) is 5.36 Å². The summed E-state index contributed by atoms with van der Waals surface area (Å²) < 4.78 is 45.6. The van der Waals surface area contributed by atoms with Gasteiger partial charge in [0.25, 0.3) is 0 Å². The fourth-order valence-corrected chi connectivity index (χ4v) is 3.48. The zero-order valence-corrected chi connectivity index (χ0v) is 18.9. The van der Waals surface area contributed by atoms with E-state index in [2.05, 4.69) is 72.3 Å². The molecule has 172 valence electrons. The number of nitrogens with zero attached hydrogens (tertiary/aromatic N) is 1. The number of morpholine rings is 1. The van der Waals surface area contributed by atoms with Crippen molar-refractivity contribution in [3.63, 3.8) is 0 Å². The molecule has 3 aromatic rings. The zero-order chi connectivity index (χ0) is 23.1. The van der Waals surface area contributed by atoms with Crippen LogP contribution in [0.25, 0.3) is 22.3 Å². The van der Waals surface area contributed by atoms with Crippen LogP contribution < -0.4 is 29.0 Å². The van der Waals surface area contributed by atoms with Crippen molar-refractivity contribution >= 4 is 11.0 Å². The summed E-state index contributed by atoms with van der Waals surface area (Å²) in [5, 5.41) is 2.26. The second-order valence-corrected chi connectivity index (χ2v) is 8.40. The first-order valence-electron chi connectivity index (χ1n) is 10.3. The van der Waals surface area contributed by atoms with Crippen LogP contribution >= 0.6 is 0 Å². The van der Waals surface area contributed by atoms with Gasteiger partial charge in [0.05, 0.1) is 31.2 Å². The van der Waals surface area contributed by atoms with Crippen molar-refractivity contribution in [3.8, 4) is 11.3 Å². The van der Waals surface area contributed by atoms with E-state index in [1.54, 1.807) is 0 Å². The van der Waals surface area contributed by atoms with Gasteiger partial charge in [0, 0.05) is 18.7 Å². The monoisotopic (exact) mass is 462 g/mol. The van der Waals surface area contributed by atoms with Crippen molar-refractivity contribution in [1.29, 1.82) is 0 Å². The van der Waals surface area contributed by atoms with E-state index >= 15 is 0 Å². The Morgan fingerprint density at radius 3 is 2.19 bits per heavy atom. The van der Waals surface area contributed by atoms with Crippen molar-refractivity contribution in [1.82, 2.24) is 4.90 Å². The molecule has 0 amide bonds. The fourth-order valence-electron chi connectivity index (χ4n) is 3.48. The molecule has 1 aliphatic rings. The van der Waals surface area contributed by atoms with Gasteiger partial charge in [-0.15, -0.1) is 10.2 Å². The lowest BCUT2D eigenvalue weighted by Gasteiger charge is -2.24. The number of benzene rings is 2. The van der Waals surface area contributed by atoms with Crippen LogP contribution in [0.15, 0.2) is 52.9 Å². The van der Waals surface area contributed by atoms with Crippen LogP contribution in [0.4, 0.5) is 0 Å². The summed E-state index contributed by atoms with van der Waals surface area (Å²) in [6.45, 7) is 9.84. The van der Waals surface area contributed by atoms with Gasteiger partial charge in [-0.2, -0.15) is 0 Å². The van der Waals surface area contributed by atoms with Crippen LogP contribution in [-0.4, -0.2) is 44.3 Å². The molecule has 4 rings (SSSR count). The summed E-state index contributed by atoms with van der Waals surface area (Å²) >= 11 is 0. The van der Waals surface area contributed by atoms with E-state index in [1.807, 2.05) is 0 Å². The Morgan fingerprint density at radius 1 is 0.906 bits per heavy atom. The first-order valence-corrected chi connectivity index (χ1v) is 11.5. The molecule has 0 saturated carbocycles. The van der Waals surface area contributed by atoms with Crippen LogP contribution in [0.3, 0.4) is 0 Å². The fraction of sp³-hybridized carbons (Fsp3) is 0.348. The van der Waals surface area contributed by atoms with Crippen molar-refractivity contribution in [2.45, 2.75) is 13.8 Å². The number of hydrogen-bond acceptors (Lipinski definition) is 7. The third-order valence-corrected chi connectivity index (χ3v) is 5.10. The Bertz CT molecular complexity index is 1080. The van der Waals surface area contributed by atoms with Crippen LogP contribution in [0.1, 0.15) is 11.1 Å². The highest BCUT2D eigenvalue weighted by Crippen LogP contribution is 2.22. The van der Waals surface area contributed by atoms with E-state index in [4.69, 9.17) is 27.8 Å². The topological polar surface area (TPSA) is 132 Å². The van der Waals surface area contributed by atoms with Crippen LogP contribution in [0.5, 0.6) is 0 Å². The quantitative estimate of drug-likeness (QED) is 0.445.